The van der Waals surface area contributed by atoms with Crippen LogP contribution in [0.25, 0.3) is 0 Å². The van der Waals surface area contributed by atoms with Gasteiger partial charge in [-0.25, -0.2) is 0 Å². The van der Waals surface area contributed by atoms with Crippen molar-refractivity contribution in [1.29, 1.82) is 0 Å². The molecule has 1 aliphatic rings. The molecular formula is C17H27N3O2. The minimum atomic E-state index is -0.182. The van der Waals surface area contributed by atoms with Crippen LogP contribution in [0.15, 0.2) is 18.2 Å². The van der Waals surface area contributed by atoms with Gasteiger partial charge in [-0.2, -0.15) is 0 Å². The number of hydrogen-bond donors (Lipinski definition) is 2. The molecule has 0 bridgehead atoms. The number of carbonyl (C=O) groups excluding carboxylic acids is 1. The average molecular weight is 305 g/mol. The summed E-state index contributed by atoms with van der Waals surface area (Å²) in [6.07, 6.45) is 1.04. The van der Waals surface area contributed by atoms with E-state index in [2.05, 4.69) is 17.1 Å². The van der Waals surface area contributed by atoms with Crippen LogP contribution in [0.2, 0.25) is 0 Å². The fourth-order valence-corrected chi connectivity index (χ4v) is 2.88. The van der Waals surface area contributed by atoms with Crippen molar-refractivity contribution in [2.75, 3.05) is 32.1 Å². The molecule has 1 aromatic rings. The van der Waals surface area contributed by atoms with Crippen LogP contribution in [-0.4, -0.2) is 43.6 Å². The first-order chi connectivity index (χ1) is 10.4. The maximum Gasteiger partial charge on any atom is 0.241 e. The molecule has 5 heteroatoms. The van der Waals surface area contributed by atoms with Gasteiger partial charge >= 0.3 is 0 Å². The lowest BCUT2D eigenvalue weighted by Gasteiger charge is -2.26. The molecule has 1 aliphatic heterocycles. The first-order valence-corrected chi connectivity index (χ1v) is 7.78. The summed E-state index contributed by atoms with van der Waals surface area (Å²) in [7, 11) is 1.61. The standard InChI is InChI=1S/C17H27N3O2/c1-12-5-6-15(22-4)14(9-12)19-16(21)13(2)20-8-7-17(3,10-18)11-20/h5-6,9,13H,7-8,10-11,18H2,1-4H3,(H,19,21). The van der Waals surface area contributed by atoms with Gasteiger partial charge in [0.15, 0.2) is 0 Å². The lowest BCUT2D eigenvalue weighted by atomic mass is 9.90. The van der Waals surface area contributed by atoms with Crippen molar-refractivity contribution in [3.63, 3.8) is 0 Å². The second-order valence-corrected chi connectivity index (χ2v) is 6.60. The zero-order valence-corrected chi connectivity index (χ0v) is 14.0. The van der Waals surface area contributed by atoms with Crippen molar-refractivity contribution in [2.24, 2.45) is 11.1 Å². The Morgan fingerprint density at radius 2 is 2.27 bits per heavy atom. The number of methoxy groups -OCH3 is 1. The van der Waals surface area contributed by atoms with Gasteiger partial charge in [0.2, 0.25) is 5.91 Å². The Balaban J connectivity index is 2.05. The molecule has 1 aromatic carbocycles. The Kier molecular flexibility index (Phi) is 5.08. The van der Waals surface area contributed by atoms with Crippen molar-refractivity contribution in [2.45, 2.75) is 33.2 Å². The van der Waals surface area contributed by atoms with E-state index in [1.54, 1.807) is 7.11 Å². The summed E-state index contributed by atoms with van der Waals surface area (Å²) in [5, 5.41) is 2.99. The highest BCUT2D eigenvalue weighted by Gasteiger charge is 2.36. The monoisotopic (exact) mass is 305 g/mol. The number of nitrogens with zero attached hydrogens (tertiary/aromatic N) is 1. The molecule has 122 valence electrons. The number of likely N-dealkylation sites (tertiary alicyclic amines) is 1. The second-order valence-electron chi connectivity index (χ2n) is 6.60. The van der Waals surface area contributed by atoms with Crippen LogP contribution >= 0.6 is 0 Å². The van der Waals surface area contributed by atoms with Gasteiger partial charge in [-0.1, -0.05) is 13.0 Å². The summed E-state index contributed by atoms with van der Waals surface area (Å²) in [5.41, 5.74) is 7.77. The molecule has 0 spiro atoms. The largest absolute Gasteiger partial charge is 0.495 e. The number of rotatable bonds is 5. The first-order valence-electron chi connectivity index (χ1n) is 7.78. The molecule has 0 saturated carbocycles. The van der Waals surface area contributed by atoms with Gasteiger partial charge in [-0.3, -0.25) is 9.69 Å². The Labute approximate surface area is 132 Å². The molecule has 0 aromatic heterocycles. The van der Waals surface area contributed by atoms with E-state index < -0.39 is 0 Å². The molecule has 22 heavy (non-hydrogen) atoms. The van der Waals surface area contributed by atoms with Crippen LogP contribution in [0.4, 0.5) is 5.69 Å². The molecule has 2 atom stereocenters. The molecule has 1 heterocycles. The van der Waals surface area contributed by atoms with Gasteiger partial charge in [-0.05, 0) is 56.5 Å². The second kappa shape index (κ2) is 6.67. The van der Waals surface area contributed by atoms with E-state index in [9.17, 15) is 4.79 Å². The molecular weight excluding hydrogens is 278 g/mol. The summed E-state index contributed by atoms with van der Waals surface area (Å²) < 4.78 is 5.31. The highest BCUT2D eigenvalue weighted by atomic mass is 16.5. The van der Waals surface area contributed by atoms with E-state index in [-0.39, 0.29) is 17.4 Å². The molecule has 0 aliphatic carbocycles. The number of ether oxygens (including phenoxy) is 1. The van der Waals surface area contributed by atoms with Crippen molar-refractivity contribution in [3.8, 4) is 5.75 Å². The molecule has 2 unspecified atom stereocenters. The summed E-state index contributed by atoms with van der Waals surface area (Å²) in [4.78, 5) is 14.7. The average Bonchev–Trinajstić information content (AvgIpc) is 2.90. The third-order valence-electron chi connectivity index (χ3n) is 4.62. The molecule has 1 saturated heterocycles. The van der Waals surface area contributed by atoms with E-state index in [1.165, 1.54) is 0 Å². The predicted molar refractivity (Wildman–Crippen MR) is 89.2 cm³/mol. The number of anilines is 1. The number of amides is 1. The van der Waals surface area contributed by atoms with E-state index >= 15 is 0 Å². The van der Waals surface area contributed by atoms with Crippen molar-refractivity contribution >= 4 is 11.6 Å². The number of nitrogens with one attached hydrogen (secondary N) is 1. The Bertz CT molecular complexity index is 547. The summed E-state index contributed by atoms with van der Waals surface area (Å²) >= 11 is 0. The number of nitrogens with two attached hydrogens (primary N) is 1. The SMILES string of the molecule is COc1ccc(C)cc1NC(=O)C(C)N1CCC(C)(CN)C1. The number of aryl methyl sites for hydroxylation is 1. The van der Waals surface area contributed by atoms with Gasteiger partial charge in [0.05, 0.1) is 18.8 Å². The lowest BCUT2D eigenvalue weighted by molar-refractivity contribution is -0.120. The maximum atomic E-state index is 12.5. The quantitative estimate of drug-likeness (QED) is 0.873. The van der Waals surface area contributed by atoms with Gasteiger partial charge in [-0.15, -0.1) is 0 Å². The van der Waals surface area contributed by atoms with E-state index in [4.69, 9.17) is 10.5 Å². The molecule has 1 fully saturated rings. The summed E-state index contributed by atoms with van der Waals surface area (Å²) in [5.74, 6) is 0.671. The number of hydrogen-bond acceptors (Lipinski definition) is 4. The highest BCUT2D eigenvalue weighted by Crippen LogP contribution is 2.30. The van der Waals surface area contributed by atoms with Crippen LogP contribution < -0.4 is 15.8 Å². The van der Waals surface area contributed by atoms with Crippen LogP contribution in [0.1, 0.15) is 25.8 Å². The Morgan fingerprint density at radius 3 is 2.86 bits per heavy atom. The molecule has 3 N–H and O–H groups in total. The van der Waals surface area contributed by atoms with Crippen LogP contribution in [0, 0.1) is 12.3 Å². The lowest BCUT2D eigenvalue weighted by Crippen LogP contribution is -2.42. The smallest absolute Gasteiger partial charge is 0.241 e. The summed E-state index contributed by atoms with van der Waals surface area (Å²) in [6.45, 7) is 8.55. The maximum absolute atomic E-state index is 12.5. The fourth-order valence-electron chi connectivity index (χ4n) is 2.88. The molecule has 1 amide bonds. The first kappa shape index (κ1) is 16.8. The normalized spacial score (nSPS) is 23.3. The highest BCUT2D eigenvalue weighted by molar-refractivity contribution is 5.96. The Morgan fingerprint density at radius 1 is 1.55 bits per heavy atom. The number of carbonyl (C=O) groups is 1. The Hall–Kier alpha value is -1.59. The third-order valence-corrected chi connectivity index (χ3v) is 4.62. The van der Waals surface area contributed by atoms with Gasteiger partial charge in [0, 0.05) is 6.54 Å². The minimum absolute atomic E-state index is 0.00910. The molecule has 5 nitrogen and oxygen atoms in total. The minimum Gasteiger partial charge on any atom is -0.495 e. The van der Waals surface area contributed by atoms with E-state index in [0.29, 0.717) is 12.3 Å². The van der Waals surface area contributed by atoms with Crippen molar-refractivity contribution in [1.82, 2.24) is 4.90 Å². The van der Waals surface area contributed by atoms with Crippen LogP contribution in [0.3, 0.4) is 0 Å². The van der Waals surface area contributed by atoms with E-state index in [1.807, 2.05) is 32.0 Å². The van der Waals surface area contributed by atoms with Gasteiger partial charge in [0.25, 0.3) is 0 Å². The van der Waals surface area contributed by atoms with Gasteiger partial charge in [0.1, 0.15) is 5.75 Å². The molecule has 0 radical (unpaired) electrons. The van der Waals surface area contributed by atoms with E-state index in [0.717, 1.165) is 30.8 Å². The zero-order valence-electron chi connectivity index (χ0n) is 14.0. The third kappa shape index (κ3) is 3.59. The fraction of sp³-hybridized carbons (Fsp3) is 0.588. The zero-order chi connectivity index (χ0) is 16.3. The number of benzene rings is 1. The van der Waals surface area contributed by atoms with Crippen LogP contribution in [0.5, 0.6) is 5.75 Å². The van der Waals surface area contributed by atoms with Crippen molar-refractivity contribution < 1.29 is 9.53 Å². The predicted octanol–water partition coefficient (Wildman–Crippen LogP) is 2.00. The van der Waals surface area contributed by atoms with Crippen LogP contribution in [-0.2, 0) is 4.79 Å². The summed E-state index contributed by atoms with van der Waals surface area (Å²) in [6, 6.07) is 5.58. The van der Waals surface area contributed by atoms with Gasteiger partial charge < -0.3 is 15.8 Å². The topological polar surface area (TPSA) is 67.6 Å². The van der Waals surface area contributed by atoms with Crippen molar-refractivity contribution in [3.05, 3.63) is 23.8 Å². The molecule has 2 rings (SSSR count).